The lowest BCUT2D eigenvalue weighted by atomic mass is 9.66. The Bertz CT molecular complexity index is 2640. The van der Waals surface area contributed by atoms with Crippen LogP contribution in [-0.2, 0) is 12.0 Å². The molecule has 0 amide bonds. The average molecular weight is 678 g/mol. The zero-order valence-corrected chi connectivity index (χ0v) is 29.1. The van der Waals surface area contributed by atoms with E-state index in [0.29, 0.717) is 6.54 Å². The maximum atomic E-state index is 6.51. The zero-order chi connectivity index (χ0) is 35.2. The molecule has 2 aliphatic rings. The summed E-state index contributed by atoms with van der Waals surface area (Å²) in [5.41, 5.74) is 16.5. The number of nitrogens with zero attached hydrogens (tertiary/aromatic N) is 1. The van der Waals surface area contributed by atoms with E-state index >= 15 is 0 Å². The minimum absolute atomic E-state index is 0.455. The number of hydrogen-bond donors (Lipinski definition) is 0. The lowest BCUT2D eigenvalue weighted by Gasteiger charge is -2.39. The number of rotatable bonds is 6. The molecule has 2 nitrogen and oxygen atoms in total. The van der Waals surface area contributed by atoms with Crippen LogP contribution >= 0.6 is 0 Å². The van der Waals surface area contributed by atoms with Gasteiger partial charge in [0.05, 0.1) is 12.0 Å². The molecular weight excluding hydrogens is 643 g/mol. The number of benzene rings is 8. The first kappa shape index (κ1) is 31.0. The van der Waals surface area contributed by atoms with Gasteiger partial charge in [-0.2, -0.15) is 0 Å². The van der Waals surface area contributed by atoms with Gasteiger partial charge in [-0.25, -0.2) is 0 Å². The monoisotopic (exact) mass is 677 g/mol. The van der Waals surface area contributed by atoms with Crippen molar-refractivity contribution in [1.82, 2.24) is 0 Å². The third-order valence-electron chi connectivity index (χ3n) is 10.8. The number of fused-ring (bicyclic) bond motifs is 9. The largest absolute Gasteiger partial charge is 0.457 e. The highest BCUT2D eigenvalue weighted by Gasteiger charge is 2.50. The van der Waals surface area contributed by atoms with E-state index in [1.54, 1.807) is 0 Å². The Morgan fingerprint density at radius 2 is 0.906 bits per heavy atom. The highest BCUT2D eigenvalue weighted by molar-refractivity contribution is 5.91. The Morgan fingerprint density at radius 1 is 0.396 bits per heavy atom. The molecule has 10 rings (SSSR count). The molecule has 0 saturated carbocycles. The van der Waals surface area contributed by atoms with E-state index < -0.39 is 5.41 Å². The highest BCUT2D eigenvalue weighted by atomic mass is 16.5. The second kappa shape index (κ2) is 12.8. The van der Waals surface area contributed by atoms with Crippen molar-refractivity contribution in [2.24, 2.45) is 4.99 Å². The Labute approximate surface area is 310 Å². The molecule has 0 N–H and O–H groups in total. The van der Waals surface area contributed by atoms with Gasteiger partial charge in [0, 0.05) is 17.3 Å². The lowest BCUT2D eigenvalue weighted by Crippen LogP contribution is -2.32. The minimum Gasteiger partial charge on any atom is -0.457 e. The van der Waals surface area contributed by atoms with Crippen LogP contribution in [0.2, 0.25) is 0 Å². The van der Waals surface area contributed by atoms with E-state index in [-0.39, 0.29) is 0 Å². The van der Waals surface area contributed by atoms with Crippen LogP contribution in [0.15, 0.2) is 199 Å². The average Bonchev–Trinajstić information content (AvgIpc) is 3.51. The summed E-state index contributed by atoms with van der Waals surface area (Å²) >= 11 is 0. The van der Waals surface area contributed by atoms with Crippen molar-refractivity contribution in [3.05, 3.63) is 228 Å². The molecule has 53 heavy (non-hydrogen) atoms. The third-order valence-corrected chi connectivity index (χ3v) is 10.8. The molecule has 0 saturated heterocycles. The van der Waals surface area contributed by atoms with Crippen LogP contribution in [0.5, 0.6) is 11.5 Å². The molecule has 1 spiro atoms. The summed E-state index contributed by atoms with van der Waals surface area (Å²) in [5.74, 6) is 1.83. The Balaban J connectivity index is 1.01. The van der Waals surface area contributed by atoms with Crippen molar-refractivity contribution in [3.63, 3.8) is 0 Å². The number of ether oxygens (including phenoxy) is 1. The lowest BCUT2D eigenvalue weighted by molar-refractivity contribution is 0.436. The van der Waals surface area contributed by atoms with Gasteiger partial charge < -0.3 is 4.74 Å². The summed E-state index contributed by atoms with van der Waals surface area (Å²) < 4.78 is 6.51. The Morgan fingerprint density at radius 3 is 1.57 bits per heavy atom. The van der Waals surface area contributed by atoms with Gasteiger partial charge in [0.15, 0.2) is 0 Å². The Kier molecular flexibility index (Phi) is 7.47. The number of hydrogen-bond acceptors (Lipinski definition) is 2. The Hall–Kier alpha value is -6.77. The van der Waals surface area contributed by atoms with E-state index in [0.717, 1.165) is 17.1 Å². The van der Waals surface area contributed by atoms with Crippen molar-refractivity contribution in [1.29, 1.82) is 0 Å². The van der Waals surface area contributed by atoms with Gasteiger partial charge in [0.25, 0.3) is 0 Å². The molecule has 250 valence electrons. The van der Waals surface area contributed by atoms with Crippen LogP contribution in [0.1, 0.15) is 33.4 Å². The molecule has 0 fully saturated rings. The first-order chi connectivity index (χ1) is 26.3. The zero-order valence-electron chi connectivity index (χ0n) is 29.1. The predicted molar refractivity (Wildman–Crippen MR) is 218 cm³/mol. The molecule has 0 radical (unpaired) electrons. The van der Waals surface area contributed by atoms with Crippen molar-refractivity contribution in [2.75, 3.05) is 0 Å². The molecule has 0 aromatic heterocycles. The summed E-state index contributed by atoms with van der Waals surface area (Å²) in [4.78, 5) is 4.70. The maximum absolute atomic E-state index is 6.51. The van der Waals surface area contributed by atoms with Gasteiger partial charge >= 0.3 is 0 Å². The van der Waals surface area contributed by atoms with Crippen LogP contribution in [-0.4, -0.2) is 6.21 Å². The normalized spacial score (nSPS) is 13.2. The molecule has 1 aliphatic heterocycles. The summed E-state index contributed by atoms with van der Waals surface area (Å²) in [7, 11) is 0. The maximum Gasteiger partial charge on any atom is 0.132 e. The van der Waals surface area contributed by atoms with Crippen LogP contribution in [0.25, 0.3) is 44.5 Å². The number of para-hydroxylation sites is 2. The van der Waals surface area contributed by atoms with Crippen LogP contribution < -0.4 is 4.74 Å². The van der Waals surface area contributed by atoms with Gasteiger partial charge in [-0.15, -0.1) is 0 Å². The summed E-state index contributed by atoms with van der Waals surface area (Å²) in [6.45, 7) is 0.672. The molecule has 1 aliphatic carbocycles. The topological polar surface area (TPSA) is 21.6 Å². The summed E-state index contributed by atoms with van der Waals surface area (Å²) in [6.07, 6.45) is 1.97. The SMILES string of the molecule is C(=NCc1ccccc1)c1cccc(-c2cccc(-c3cccc(-c4ccc5c(c4)-c4ccccc4C54c5ccccc5Oc5ccccc54)c3)c2)c1. The molecule has 8 aromatic rings. The predicted octanol–water partition coefficient (Wildman–Crippen LogP) is 12.8. The fourth-order valence-electron chi connectivity index (χ4n) is 8.43. The van der Waals surface area contributed by atoms with E-state index in [9.17, 15) is 0 Å². The summed E-state index contributed by atoms with van der Waals surface area (Å²) in [6, 6.07) is 69.8. The smallest absolute Gasteiger partial charge is 0.132 e. The molecule has 8 aromatic carbocycles. The highest BCUT2D eigenvalue weighted by Crippen LogP contribution is 2.62. The van der Waals surface area contributed by atoms with Gasteiger partial charge in [-0.05, 0) is 103 Å². The number of aliphatic imine (C=N–C) groups is 1. The van der Waals surface area contributed by atoms with Crippen LogP contribution in [0.3, 0.4) is 0 Å². The molecule has 1 heterocycles. The first-order valence-corrected chi connectivity index (χ1v) is 18.2. The van der Waals surface area contributed by atoms with Crippen molar-refractivity contribution >= 4 is 6.21 Å². The van der Waals surface area contributed by atoms with Crippen LogP contribution in [0.4, 0.5) is 0 Å². The van der Waals surface area contributed by atoms with Crippen LogP contribution in [0, 0.1) is 0 Å². The quantitative estimate of drug-likeness (QED) is 0.161. The van der Waals surface area contributed by atoms with Crippen molar-refractivity contribution in [3.8, 4) is 56.0 Å². The van der Waals surface area contributed by atoms with Gasteiger partial charge in [-0.1, -0.05) is 158 Å². The van der Waals surface area contributed by atoms with Crippen molar-refractivity contribution < 1.29 is 4.74 Å². The van der Waals surface area contributed by atoms with E-state index in [1.807, 2.05) is 12.3 Å². The van der Waals surface area contributed by atoms with Gasteiger partial charge in [-0.3, -0.25) is 4.99 Å². The molecule has 0 atom stereocenters. The third kappa shape index (κ3) is 5.22. The molecule has 2 heteroatoms. The van der Waals surface area contributed by atoms with Gasteiger partial charge in [0.1, 0.15) is 11.5 Å². The minimum atomic E-state index is -0.455. The van der Waals surface area contributed by atoms with E-state index in [4.69, 9.17) is 9.73 Å². The first-order valence-electron chi connectivity index (χ1n) is 18.2. The molecule has 0 bridgehead atoms. The second-order valence-electron chi connectivity index (χ2n) is 13.9. The fourth-order valence-corrected chi connectivity index (χ4v) is 8.43. The van der Waals surface area contributed by atoms with Gasteiger partial charge in [0.2, 0.25) is 0 Å². The van der Waals surface area contributed by atoms with Crippen molar-refractivity contribution in [2.45, 2.75) is 12.0 Å². The standard InChI is InChI=1S/C51H35NO/c1-2-13-35(14-3-1)33-52-34-36-15-10-16-37(29-36)38-17-11-18-39(30-38)40-19-12-20-41(31-40)42-27-28-46-44(32-42)43-21-4-5-22-45(43)51(46)47-23-6-8-25-49(47)53-50-26-9-7-24-48(50)51/h1-32,34H,33H2. The summed E-state index contributed by atoms with van der Waals surface area (Å²) in [5, 5.41) is 0. The fraction of sp³-hybridized carbons (Fsp3) is 0.0392. The molecule has 0 unspecified atom stereocenters. The van der Waals surface area contributed by atoms with E-state index in [1.165, 1.54) is 72.3 Å². The molecular formula is C51H35NO. The second-order valence-corrected chi connectivity index (χ2v) is 13.9. The van der Waals surface area contributed by atoms with E-state index in [2.05, 4.69) is 188 Å².